The molecule has 0 aliphatic carbocycles. The fourth-order valence-electron chi connectivity index (χ4n) is 2.23. The highest BCUT2D eigenvalue weighted by atomic mass is 31.2. The highest BCUT2D eigenvalue weighted by Crippen LogP contribution is 2.41. The molecule has 25 heavy (non-hydrogen) atoms. The van der Waals surface area contributed by atoms with Crippen molar-refractivity contribution < 1.29 is 14.0 Å². The Morgan fingerprint density at radius 1 is 0.760 bits per heavy atom. The van der Waals surface area contributed by atoms with Gasteiger partial charge in [-0.25, -0.2) is 0 Å². The summed E-state index contributed by atoms with van der Waals surface area (Å²) in [5, 5.41) is 0. The molecular weight excluding hydrogens is 331 g/mol. The summed E-state index contributed by atoms with van der Waals surface area (Å²) in [6.45, 7) is 2.23. The number of unbranched alkanes of at least 4 members (excludes halogenated alkanes) is 5. The van der Waals surface area contributed by atoms with E-state index in [1.54, 1.807) is 0 Å². The standard InChI is InChI=1S/C21H37O3P/c1-3-4-5-6-7-8-9-10-11-12-13-14-15-16-17-18-19-20-21-25(22,23)24-2/h7-8,10-11,13-14,16-17H,3-6,9,12,15,18-21H2,1-2H3,(H,22,23)/b8-7-,11-10-,14-13-,17-16-. The zero-order chi connectivity index (χ0) is 18.6. The van der Waals surface area contributed by atoms with Gasteiger partial charge in [-0.05, 0) is 51.4 Å². The molecule has 0 aliphatic rings. The van der Waals surface area contributed by atoms with Crippen molar-refractivity contribution in [2.45, 2.75) is 71.1 Å². The van der Waals surface area contributed by atoms with Gasteiger partial charge in [0.15, 0.2) is 0 Å². The molecule has 0 fully saturated rings. The smallest absolute Gasteiger partial charge is 0.324 e. The third-order valence-electron chi connectivity index (χ3n) is 3.80. The van der Waals surface area contributed by atoms with Gasteiger partial charge in [-0.15, -0.1) is 0 Å². The van der Waals surface area contributed by atoms with Gasteiger partial charge in [0, 0.05) is 13.3 Å². The Morgan fingerprint density at radius 2 is 1.20 bits per heavy atom. The highest BCUT2D eigenvalue weighted by Gasteiger charge is 2.14. The van der Waals surface area contributed by atoms with Crippen molar-refractivity contribution in [2.24, 2.45) is 0 Å². The molecule has 0 saturated carbocycles. The minimum absolute atomic E-state index is 0.248. The Labute approximate surface area is 155 Å². The van der Waals surface area contributed by atoms with Crippen molar-refractivity contribution in [3.63, 3.8) is 0 Å². The summed E-state index contributed by atoms with van der Waals surface area (Å²) >= 11 is 0. The molecule has 0 aliphatic heterocycles. The molecule has 0 heterocycles. The second-order valence-electron chi connectivity index (χ2n) is 6.13. The van der Waals surface area contributed by atoms with Crippen LogP contribution in [0.4, 0.5) is 0 Å². The van der Waals surface area contributed by atoms with E-state index in [2.05, 4.69) is 60.1 Å². The molecule has 0 spiro atoms. The maximum Gasteiger partial charge on any atom is 0.327 e. The van der Waals surface area contributed by atoms with E-state index in [1.165, 1.54) is 32.8 Å². The second-order valence-corrected chi connectivity index (χ2v) is 8.22. The SMILES string of the molecule is CCCCC/C=C\C/C=C\C/C=C\C/C=C\CCCCP(=O)(O)OC. The molecule has 0 aromatic heterocycles. The first-order chi connectivity index (χ1) is 12.1. The van der Waals surface area contributed by atoms with Gasteiger partial charge in [-0.1, -0.05) is 68.4 Å². The lowest BCUT2D eigenvalue weighted by Gasteiger charge is -2.06. The number of allylic oxidation sites excluding steroid dienone is 8. The molecule has 1 atom stereocenters. The zero-order valence-electron chi connectivity index (χ0n) is 16.1. The van der Waals surface area contributed by atoms with E-state index in [4.69, 9.17) is 0 Å². The number of rotatable bonds is 16. The van der Waals surface area contributed by atoms with Crippen LogP contribution in [0.25, 0.3) is 0 Å². The molecule has 0 aromatic rings. The van der Waals surface area contributed by atoms with Crippen LogP contribution < -0.4 is 0 Å². The maximum absolute atomic E-state index is 11.3. The van der Waals surface area contributed by atoms with Crippen molar-refractivity contribution in [1.29, 1.82) is 0 Å². The molecular formula is C21H37O3P. The molecule has 3 nitrogen and oxygen atoms in total. The van der Waals surface area contributed by atoms with Crippen molar-refractivity contribution in [3.05, 3.63) is 48.6 Å². The minimum Gasteiger partial charge on any atom is -0.324 e. The molecule has 0 radical (unpaired) electrons. The Morgan fingerprint density at radius 3 is 1.64 bits per heavy atom. The predicted octanol–water partition coefficient (Wildman–Crippen LogP) is 6.96. The topological polar surface area (TPSA) is 46.5 Å². The molecule has 0 rings (SSSR count). The van der Waals surface area contributed by atoms with E-state index in [-0.39, 0.29) is 6.16 Å². The van der Waals surface area contributed by atoms with Crippen molar-refractivity contribution in [3.8, 4) is 0 Å². The van der Waals surface area contributed by atoms with E-state index in [9.17, 15) is 9.46 Å². The Kier molecular flexibility index (Phi) is 17.3. The Bertz CT molecular complexity index is 450. The monoisotopic (exact) mass is 368 g/mol. The first-order valence-electron chi connectivity index (χ1n) is 9.60. The van der Waals surface area contributed by atoms with Crippen molar-refractivity contribution in [1.82, 2.24) is 0 Å². The van der Waals surface area contributed by atoms with Crippen LogP contribution in [-0.2, 0) is 9.09 Å². The third kappa shape index (κ3) is 19.3. The normalized spacial score (nSPS) is 15.2. The van der Waals surface area contributed by atoms with Gasteiger partial charge < -0.3 is 9.42 Å². The fraction of sp³-hybridized carbons (Fsp3) is 0.619. The lowest BCUT2D eigenvalue weighted by Crippen LogP contribution is -1.90. The van der Waals surface area contributed by atoms with Crippen LogP contribution in [0.15, 0.2) is 48.6 Å². The van der Waals surface area contributed by atoms with E-state index in [0.717, 1.165) is 38.5 Å². The van der Waals surface area contributed by atoms with Gasteiger partial charge in [0.05, 0.1) is 0 Å². The average Bonchev–Trinajstić information content (AvgIpc) is 2.60. The largest absolute Gasteiger partial charge is 0.327 e. The predicted molar refractivity (Wildman–Crippen MR) is 110 cm³/mol. The van der Waals surface area contributed by atoms with Gasteiger partial charge in [0.25, 0.3) is 0 Å². The summed E-state index contributed by atoms with van der Waals surface area (Å²) in [7, 11) is -2.03. The van der Waals surface area contributed by atoms with Gasteiger partial charge >= 0.3 is 7.60 Å². The van der Waals surface area contributed by atoms with Crippen molar-refractivity contribution >= 4 is 7.60 Å². The van der Waals surface area contributed by atoms with E-state index in [1.807, 2.05) is 0 Å². The molecule has 0 bridgehead atoms. The summed E-state index contributed by atoms with van der Waals surface area (Å²) in [5.41, 5.74) is 0. The second kappa shape index (κ2) is 17.9. The minimum atomic E-state index is -3.31. The molecule has 0 aromatic carbocycles. The average molecular weight is 368 g/mol. The van der Waals surface area contributed by atoms with Gasteiger partial charge in [-0.2, -0.15) is 0 Å². The summed E-state index contributed by atoms with van der Waals surface area (Å²) in [5.74, 6) is 0. The van der Waals surface area contributed by atoms with E-state index in [0.29, 0.717) is 0 Å². The quantitative estimate of drug-likeness (QED) is 0.182. The van der Waals surface area contributed by atoms with Crippen LogP contribution in [0.3, 0.4) is 0 Å². The highest BCUT2D eigenvalue weighted by molar-refractivity contribution is 7.52. The van der Waals surface area contributed by atoms with Crippen LogP contribution in [0.1, 0.15) is 71.1 Å². The van der Waals surface area contributed by atoms with Crippen LogP contribution in [-0.4, -0.2) is 18.2 Å². The summed E-state index contributed by atoms with van der Waals surface area (Å²) in [6, 6.07) is 0. The van der Waals surface area contributed by atoms with E-state index < -0.39 is 7.60 Å². The molecule has 144 valence electrons. The van der Waals surface area contributed by atoms with Crippen LogP contribution >= 0.6 is 7.60 Å². The lowest BCUT2D eigenvalue weighted by molar-refractivity contribution is 0.314. The number of hydrogen-bond acceptors (Lipinski definition) is 2. The summed E-state index contributed by atoms with van der Waals surface area (Å²) in [4.78, 5) is 9.26. The van der Waals surface area contributed by atoms with Crippen LogP contribution in [0.5, 0.6) is 0 Å². The third-order valence-corrected chi connectivity index (χ3v) is 5.26. The molecule has 0 amide bonds. The zero-order valence-corrected chi connectivity index (χ0v) is 17.0. The van der Waals surface area contributed by atoms with Crippen LogP contribution in [0, 0.1) is 0 Å². The molecule has 1 unspecified atom stereocenters. The number of hydrogen-bond donors (Lipinski definition) is 1. The van der Waals surface area contributed by atoms with Crippen LogP contribution in [0.2, 0.25) is 0 Å². The summed E-state index contributed by atoms with van der Waals surface area (Å²) in [6.07, 6.45) is 28.5. The fourth-order valence-corrected chi connectivity index (χ4v) is 3.03. The lowest BCUT2D eigenvalue weighted by atomic mass is 10.2. The van der Waals surface area contributed by atoms with Gasteiger partial charge in [-0.3, -0.25) is 4.57 Å². The van der Waals surface area contributed by atoms with E-state index >= 15 is 0 Å². The Hall–Kier alpha value is -0.890. The molecule has 1 N–H and O–H groups in total. The maximum atomic E-state index is 11.3. The van der Waals surface area contributed by atoms with Gasteiger partial charge in [0.2, 0.25) is 0 Å². The van der Waals surface area contributed by atoms with Gasteiger partial charge in [0.1, 0.15) is 0 Å². The Balaban J connectivity index is 3.47. The first-order valence-corrected chi connectivity index (χ1v) is 11.4. The molecule has 0 saturated heterocycles. The summed E-state index contributed by atoms with van der Waals surface area (Å²) < 4.78 is 15.8. The first kappa shape index (κ1) is 24.1. The van der Waals surface area contributed by atoms with Crippen molar-refractivity contribution in [2.75, 3.05) is 13.3 Å². The molecule has 4 heteroatoms.